The first-order valence-corrected chi connectivity index (χ1v) is 9.96. The van der Waals surface area contributed by atoms with E-state index in [-0.39, 0.29) is 17.0 Å². The van der Waals surface area contributed by atoms with Crippen molar-refractivity contribution in [2.75, 3.05) is 5.32 Å². The first-order chi connectivity index (χ1) is 12.3. The summed E-state index contributed by atoms with van der Waals surface area (Å²) in [6.45, 7) is 8.82. The molecule has 0 radical (unpaired) electrons. The average molecular weight is 414 g/mol. The van der Waals surface area contributed by atoms with E-state index in [0.29, 0.717) is 11.3 Å². The third-order valence-corrected chi connectivity index (χ3v) is 5.99. The first kappa shape index (κ1) is 17.5. The summed E-state index contributed by atoms with van der Waals surface area (Å²) in [6.07, 6.45) is 4.19. The Morgan fingerprint density at radius 3 is 2.65 bits per heavy atom. The van der Waals surface area contributed by atoms with Gasteiger partial charge in [0.2, 0.25) is 0 Å². The molecule has 1 aromatic carbocycles. The average Bonchev–Trinajstić information content (AvgIpc) is 3.38. The van der Waals surface area contributed by atoms with Gasteiger partial charge >= 0.3 is 0 Å². The third kappa shape index (κ3) is 3.02. The molecule has 2 aromatic heterocycles. The molecular weight excluding hydrogens is 390 g/mol. The summed E-state index contributed by atoms with van der Waals surface area (Å²) in [5.74, 6) is 1.37. The fourth-order valence-electron chi connectivity index (χ4n) is 3.25. The maximum Gasteiger partial charge on any atom is 0.258 e. The SMILES string of the molecule is CC(Nc1nc2c(C3CC3)c[nH]c(=O)c2c2cc(Br)ccc12)C(C)(C)C. The Labute approximate surface area is 161 Å². The molecule has 0 bridgehead atoms. The Bertz CT molecular complexity index is 1060. The van der Waals surface area contributed by atoms with Gasteiger partial charge in [0.25, 0.3) is 5.56 Å². The Kier molecular flexibility index (Phi) is 4.10. The highest BCUT2D eigenvalue weighted by Crippen LogP contribution is 2.43. The predicted molar refractivity (Wildman–Crippen MR) is 112 cm³/mol. The van der Waals surface area contributed by atoms with Crippen LogP contribution in [0.15, 0.2) is 33.7 Å². The molecule has 4 rings (SSSR count). The molecule has 0 amide bonds. The maximum atomic E-state index is 12.7. The fraction of sp³-hybridized carbons (Fsp3) is 0.429. The van der Waals surface area contributed by atoms with Crippen molar-refractivity contribution in [1.29, 1.82) is 0 Å². The van der Waals surface area contributed by atoms with Gasteiger partial charge in [-0.15, -0.1) is 0 Å². The number of hydrogen-bond acceptors (Lipinski definition) is 3. The molecule has 1 aliphatic rings. The van der Waals surface area contributed by atoms with Crippen LogP contribution in [0.25, 0.3) is 21.7 Å². The van der Waals surface area contributed by atoms with Crippen LogP contribution in [0, 0.1) is 5.41 Å². The van der Waals surface area contributed by atoms with Crippen LogP contribution in [0.1, 0.15) is 52.0 Å². The minimum absolute atomic E-state index is 0.0737. The van der Waals surface area contributed by atoms with Crippen molar-refractivity contribution < 1.29 is 0 Å². The van der Waals surface area contributed by atoms with Crippen LogP contribution in [0.3, 0.4) is 0 Å². The molecule has 5 heteroatoms. The van der Waals surface area contributed by atoms with Gasteiger partial charge in [0, 0.05) is 27.5 Å². The highest BCUT2D eigenvalue weighted by Gasteiger charge is 2.28. The Morgan fingerprint density at radius 2 is 2.00 bits per heavy atom. The Balaban J connectivity index is 2.04. The van der Waals surface area contributed by atoms with Crippen LogP contribution in [-0.2, 0) is 0 Å². The van der Waals surface area contributed by atoms with E-state index in [9.17, 15) is 4.79 Å². The van der Waals surface area contributed by atoms with Crippen molar-refractivity contribution in [2.24, 2.45) is 5.41 Å². The molecule has 1 unspecified atom stereocenters. The third-order valence-electron chi connectivity index (χ3n) is 5.50. The molecule has 3 aromatic rings. The predicted octanol–water partition coefficient (Wildman–Crippen LogP) is 5.56. The van der Waals surface area contributed by atoms with E-state index in [1.807, 2.05) is 24.4 Å². The van der Waals surface area contributed by atoms with Crippen molar-refractivity contribution in [3.8, 4) is 0 Å². The lowest BCUT2D eigenvalue weighted by Crippen LogP contribution is -2.31. The second-order valence-corrected chi connectivity index (χ2v) is 9.37. The topological polar surface area (TPSA) is 57.8 Å². The van der Waals surface area contributed by atoms with E-state index in [2.05, 4.69) is 53.9 Å². The van der Waals surface area contributed by atoms with Gasteiger partial charge in [0.15, 0.2) is 0 Å². The number of anilines is 1. The minimum atomic E-state index is -0.0737. The van der Waals surface area contributed by atoms with Crippen LogP contribution in [-0.4, -0.2) is 16.0 Å². The van der Waals surface area contributed by atoms with Gasteiger partial charge in [-0.25, -0.2) is 4.98 Å². The summed E-state index contributed by atoms with van der Waals surface area (Å²) in [4.78, 5) is 20.6. The molecule has 0 aliphatic heterocycles. The number of nitrogens with zero attached hydrogens (tertiary/aromatic N) is 1. The summed E-state index contributed by atoms with van der Waals surface area (Å²) < 4.78 is 0.962. The molecule has 1 fully saturated rings. The largest absolute Gasteiger partial charge is 0.367 e. The standard InChI is InChI=1S/C21H24BrN3O/c1-11(21(2,3)4)24-19-14-8-7-13(22)9-15(14)17-18(25-19)16(12-5-6-12)10-23-20(17)26/h7-12H,5-6H2,1-4H3,(H,23,26)(H,24,25). The molecule has 26 heavy (non-hydrogen) atoms. The first-order valence-electron chi connectivity index (χ1n) is 9.17. The van der Waals surface area contributed by atoms with E-state index < -0.39 is 0 Å². The zero-order chi connectivity index (χ0) is 18.6. The van der Waals surface area contributed by atoms with Crippen molar-refractivity contribution >= 4 is 43.4 Å². The molecule has 1 aliphatic carbocycles. The second kappa shape index (κ2) is 6.08. The maximum absolute atomic E-state index is 12.7. The number of aromatic amines is 1. The van der Waals surface area contributed by atoms with Gasteiger partial charge < -0.3 is 10.3 Å². The molecule has 0 spiro atoms. The summed E-state index contributed by atoms with van der Waals surface area (Å²) >= 11 is 3.56. The van der Waals surface area contributed by atoms with Gasteiger partial charge in [-0.05, 0) is 54.9 Å². The number of rotatable bonds is 3. The molecule has 1 atom stereocenters. The number of aromatic nitrogens is 2. The van der Waals surface area contributed by atoms with Crippen LogP contribution in [0.4, 0.5) is 5.82 Å². The van der Waals surface area contributed by atoms with Gasteiger partial charge in [-0.3, -0.25) is 4.79 Å². The van der Waals surface area contributed by atoms with Crippen LogP contribution >= 0.6 is 15.9 Å². The van der Waals surface area contributed by atoms with Crippen molar-refractivity contribution in [2.45, 2.75) is 52.5 Å². The summed E-state index contributed by atoms with van der Waals surface area (Å²) in [7, 11) is 0. The molecule has 0 saturated heterocycles. The monoisotopic (exact) mass is 413 g/mol. The molecule has 2 N–H and O–H groups in total. The Hall–Kier alpha value is -1.88. The van der Waals surface area contributed by atoms with Gasteiger partial charge in [-0.2, -0.15) is 0 Å². The van der Waals surface area contributed by atoms with Gasteiger partial charge in [-0.1, -0.05) is 36.7 Å². The second-order valence-electron chi connectivity index (χ2n) is 8.45. The van der Waals surface area contributed by atoms with Gasteiger partial charge in [0.1, 0.15) is 5.82 Å². The van der Waals surface area contributed by atoms with Crippen LogP contribution in [0.2, 0.25) is 0 Å². The molecule has 2 heterocycles. The molecule has 1 saturated carbocycles. The zero-order valence-electron chi connectivity index (χ0n) is 15.6. The number of H-pyrrole nitrogens is 1. The summed E-state index contributed by atoms with van der Waals surface area (Å²) in [6, 6.07) is 6.30. The molecular formula is C21H24BrN3O. The minimum Gasteiger partial charge on any atom is -0.367 e. The normalized spacial score (nSPS) is 16.2. The zero-order valence-corrected chi connectivity index (χ0v) is 17.2. The lowest BCUT2D eigenvalue weighted by Gasteiger charge is -2.29. The fourth-order valence-corrected chi connectivity index (χ4v) is 3.61. The van der Waals surface area contributed by atoms with Crippen molar-refractivity contribution in [3.63, 3.8) is 0 Å². The molecule has 4 nitrogen and oxygen atoms in total. The van der Waals surface area contributed by atoms with Gasteiger partial charge in [0.05, 0.1) is 10.9 Å². The quantitative estimate of drug-likeness (QED) is 0.552. The van der Waals surface area contributed by atoms with E-state index in [1.165, 1.54) is 12.8 Å². The number of fused-ring (bicyclic) bond motifs is 3. The highest BCUT2D eigenvalue weighted by molar-refractivity contribution is 9.10. The van der Waals surface area contributed by atoms with E-state index in [1.54, 1.807) is 0 Å². The van der Waals surface area contributed by atoms with Crippen molar-refractivity contribution in [3.05, 3.63) is 44.8 Å². The van der Waals surface area contributed by atoms with Crippen molar-refractivity contribution in [1.82, 2.24) is 9.97 Å². The number of pyridine rings is 2. The molecule has 136 valence electrons. The van der Waals surface area contributed by atoms with E-state index in [0.717, 1.165) is 32.1 Å². The number of halogens is 1. The van der Waals surface area contributed by atoms with Crippen LogP contribution < -0.4 is 10.9 Å². The van der Waals surface area contributed by atoms with E-state index >= 15 is 0 Å². The lowest BCUT2D eigenvalue weighted by atomic mass is 9.88. The summed E-state index contributed by atoms with van der Waals surface area (Å²) in [5, 5.41) is 6.22. The van der Waals surface area contributed by atoms with E-state index in [4.69, 9.17) is 4.98 Å². The number of hydrogen-bond donors (Lipinski definition) is 2. The smallest absolute Gasteiger partial charge is 0.258 e. The highest BCUT2D eigenvalue weighted by atomic mass is 79.9. The Morgan fingerprint density at radius 1 is 1.27 bits per heavy atom. The summed E-state index contributed by atoms with van der Waals surface area (Å²) in [5.41, 5.74) is 2.03. The number of nitrogens with one attached hydrogen (secondary N) is 2. The van der Waals surface area contributed by atoms with Crippen LogP contribution in [0.5, 0.6) is 0 Å². The number of benzene rings is 1. The lowest BCUT2D eigenvalue weighted by molar-refractivity contribution is 0.359.